The second kappa shape index (κ2) is 6.87. The van der Waals surface area contributed by atoms with Crippen LogP contribution < -0.4 is 0 Å². The highest BCUT2D eigenvalue weighted by Crippen LogP contribution is 2.61. The van der Waals surface area contributed by atoms with Crippen molar-refractivity contribution in [2.75, 3.05) is 0 Å². The number of aliphatic hydroxyl groups is 1. The molecule has 2 heteroatoms. The first-order valence-electron chi connectivity index (χ1n) is 10.3. The van der Waals surface area contributed by atoms with Crippen LogP contribution in [0.4, 0.5) is 0 Å². The molecule has 0 fully saturated rings. The topological polar surface area (TPSA) is 37.3 Å². The number of hydrogen-bond donors (Lipinski definition) is 1. The van der Waals surface area contributed by atoms with Crippen LogP contribution in [0.2, 0.25) is 0 Å². The fourth-order valence-electron chi connectivity index (χ4n) is 5.20. The fraction of sp³-hybridized carbons (Fsp3) is 0.625. The van der Waals surface area contributed by atoms with E-state index in [1.807, 2.05) is 13.0 Å². The number of ketones is 1. The van der Waals surface area contributed by atoms with Gasteiger partial charge < -0.3 is 9.90 Å². The molecule has 1 N–H and O–H groups in total. The molecule has 26 heavy (non-hydrogen) atoms. The van der Waals surface area contributed by atoms with Crippen LogP contribution in [0.1, 0.15) is 79.6 Å². The van der Waals surface area contributed by atoms with Crippen molar-refractivity contribution in [1.29, 1.82) is 0 Å². The van der Waals surface area contributed by atoms with Gasteiger partial charge in [-0.05, 0) is 73.2 Å². The smallest absolute Gasteiger partial charge is 0.129 e. The monoisotopic (exact) mass is 354 g/mol. The molecule has 4 rings (SSSR count). The number of carbonyl (C=O) groups excluding carboxylic acids is 1. The van der Waals surface area contributed by atoms with Gasteiger partial charge in [0, 0.05) is 18.3 Å². The van der Waals surface area contributed by atoms with Crippen molar-refractivity contribution >= 4 is 5.78 Å². The maximum absolute atomic E-state index is 9.88. The first-order chi connectivity index (χ1) is 12.2. The van der Waals surface area contributed by atoms with Gasteiger partial charge in [-0.1, -0.05) is 45.4 Å². The van der Waals surface area contributed by atoms with Crippen LogP contribution in [0.3, 0.4) is 0 Å². The van der Waals surface area contributed by atoms with Gasteiger partial charge in [0.2, 0.25) is 0 Å². The first-order valence-corrected chi connectivity index (χ1v) is 10.3. The van der Waals surface area contributed by atoms with Gasteiger partial charge in [0.1, 0.15) is 5.78 Å². The van der Waals surface area contributed by atoms with Crippen LogP contribution in [-0.2, 0) is 4.79 Å². The number of rotatable bonds is 1. The van der Waals surface area contributed by atoms with Crippen LogP contribution in [-0.4, -0.2) is 10.9 Å². The van der Waals surface area contributed by atoms with Gasteiger partial charge in [0.15, 0.2) is 0 Å². The summed E-state index contributed by atoms with van der Waals surface area (Å²) in [5.74, 6) is 1.61. The van der Waals surface area contributed by atoms with E-state index in [-0.39, 0.29) is 11.2 Å². The summed E-state index contributed by atoms with van der Waals surface area (Å²) >= 11 is 0. The molecule has 0 spiro atoms. The highest BCUT2D eigenvalue weighted by atomic mass is 16.3. The third-order valence-corrected chi connectivity index (χ3v) is 7.49. The minimum Gasteiger partial charge on any atom is -0.512 e. The summed E-state index contributed by atoms with van der Waals surface area (Å²) < 4.78 is 0. The van der Waals surface area contributed by atoms with Crippen LogP contribution in [0, 0.1) is 16.7 Å². The van der Waals surface area contributed by atoms with Gasteiger partial charge in [-0.2, -0.15) is 0 Å². The van der Waals surface area contributed by atoms with Crippen molar-refractivity contribution in [1.82, 2.24) is 0 Å². The molecule has 0 aromatic heterocycles. The number of fused-ring (bicyclic) bond motifs is 4. The van der Waals surface area contributed by atoms with Gasteiger partial charge in [-0.15, -0.1) is 0 Å². The average molecular weight is 355 g/mol. The number of carbonyl (C=O) groups is 1. The van der Waals surface area contributed by atoms with E-state index in [1.165, 1.54) is 24.8 Å². The van der Waals surface area contributed by atoms with Gasteiger partial charge in [0.05, 0.1) is 5.76 Å². The molecule has 0 saturated carbocycles. The molecule has 0 amide bonds. The summed E-state index contributed by atoms with van der Waals surface area (Å²) in [6, 6.07) is 0. The van der Waals surface area contributed by atoms with Gasteiger partial charge in [0.25, 0.3) is 0 Å². The minimum atomic E-state index is 0.174. The van der Waals surface area contributed by atoms with E-state index in [0.717, 1.165) is 25.2 Å². The van der Waals surface area contributed by atoms with Gasteiger partial charge >= 0.3 is 0 Å². The first kappa shape index (κ1) is 19.2. The Balaban J connectivity index is 0.000000349. The molecule has 0 aliphatic heterocycles. The van der Waals surface area contributed by atoms with Crippen molar-refractivity contribution < 1.29 is 9.90 Å². The van der Waals surface area contributed by atoms with Crippen molar-refractivity contribution in [3.05, 3.63) is 46.3 Å². The van der Waals surface area contributed by atoms with Gasteiger partial charge in [-0.25, -0.2) is 0 Å². The van der Waals surface area contributed by atoms with E-state index >= 15 is 0 Å². The van der Waals surface area contributed by atoms with Crippen LogP contribution in [0.25, 0.3) is 0 Å². The summed E-state index contributed by atoms with van der Waals surface area (Å²) in [6.07, 6.45) is 14.4. The second-order valence-electron chi connectivity index (χ2n) is 9.02. The number of allylic oxidation sites excluding steroid dienone is 8. The second-order valence-corrected chi connectivity index (χ2v) is 9.02. The average Bonchev–Trinajstić information content (AvgIpc) is 2.91. The summed E-state index contributed by atoms with van der Waals surface area (Å²) in [5.41, 5.74) is 6.93. The van der Waals surface area contributed by atoms with Crippen molar-refractivity contribution in [3.63, 3.8) is 0 Å². The third-order valence-electron chi connectivity index (χ3n) is 7.49. The zero-order chi connectivity index (χ0) is 19.1. The normalized spacial score (nSPS) is 35.1. The Kier molecular flexibility index (Phi) is 5.07. The standard InChI is InChI=1S/C20H26O.C4H8O/c1-13-4-7-17-16-6-5-14-12-15(21)8-10-20(14,3)18(16)9-11-19(13,17)2;1-3-4(2)5/h5,7,12-13,21H,4,6,8-11H2,1-3H3;3H2,1-2H3. The van der Waals surface area contributed by atoms with Gasteiger partial charge in [-0.3, -0.25) is 0 Å². The lowest BCUT2D eigenvalue weighted by Crippen LogP contribution is -2.35. The maximum atomic E-state index is 9.88. The van der Waals surface area contributed by atoms with Crippen LogP contribution >= 0.6 is 0 Å². The Bertz CT molecular complexity index is 733. The molecule has 0 aromatic rings. The zero-order valence-corrected chi connectivity index (χ0v) is 17.1. The van der Waals surface area contributed by atoms with E-state index in [2.05, 4.69) is 32.9 Å². The highest BCUT2D eigenvalue weighted by Gasteiger charge is 2.48. The molecule has 142 valence electrons. The van der Waals surface area contributed by atoms with E-state index < -0.39 is 0 Å². The Morgan fingerprint density at radius 2 is 1.92 bits per heavy atom. The molecule has 0 aromatic carbocycles. The Morgan fingerprint density at radius 3 is 2.58 bits per heavy atom. The molecule has 0 bridgehead atoms. The van der Waals surface area contributed by atoms with Crippen molar-refractivity contribution in [2.24, 2.45) is 16.7 Å². The quantitative estimate of drug-likeness (QED) is 0.575. The predicted molar refractivity (Wildman–Crippen MR) is 108 cm³/mol. The molecule has 2 nitrogen and oxygen atoms in total. The third kappa shape index (κ3) is 3.02. The predicted octanol–water partition coefficient (Wildman–Crippen LogP) is 6.61. The summed E-state index contributed by atoms with van der Waals surface area (Å²) in [6.45, 7) is 10.7. The van der Waals surface area contributed by atoms with Crippen LogP contribution in [0.5, 0.6) is 0 Å². The number of hydrogen-bond acceptors (Lipinski definition) is 2. The lowest BCUT2D eigenvalue weighted by molar-refractivity contribution is -0.116. The highest BCUT2D eigenvalue weighted by molar-refractivity contribution is 5.74. The largest absolute Gasteiger partial charge is 0.512 e. The van der Waals surface area contributed by atoms with Crippen LogP contribution in [0.15, 0.2) is 46.3 Å². The number of aliphatic hydroxyl groups excluding tert-OH is 1. The molecule has 0 heterocycles. The molecule has 0 radical (unpaired) electrons. The molecular weight excluding hydrogens is 320 g/mol. The molecule has 3 unspecified atom stereocenters. The maximum Gasteiger partial charge on any atom is 0.129 e. The summed E-state index contributed by atoms with van der Waals surface area (Å²) in [4.78, 5) is 9.81. The zero-order valence-electron chi connectivity index (χ0n) is 17.1. The van der Waals surface area contributed by atoms with Crippen molar-refractivity contribution in [2.45, 2.75) is 79.6 Å². The van der Waals surface area contributed by atoms with E-state index in [4.69, 9.17) is 0 Å². The van der Waals surface area contributed by atoms with Crippen molar-refractivity contribution in [3.8, 4) is 0 Å². The number of Topliss-reactive ketones (excluding diaryl/α,β-unsaturated/α-hetero) is 1. The Labute approximate surface area is 158 Å². The fourth-order valence-corrected chi connectivity index (χ4v) is 5.20. The van der Waals surface area contributed by atoms with E-state index in [9.17, 15) is 9.90 Å². The van der Waals surface area contributed by atoms with E-state index in [1.54, 1.807) is 23.6 Å². The molecular formula is C24H34O2. The van der Waals surface area contributed by atoms with E-state index in [0.29, 0.717) is 17.6 Å². The lowest BCUT2D eigenvalue weighted by atomic mass is 9.56. The molecule has 3 atom stereocenters. The lowest BCUT2D eigenvalue weighted by Gasteiger charge is -2.48. The SMILES string of the molecule is CC1CC=C2C3=C(CCC21C)C1(C)CCC(O)=CC1=CC3.CCC(C)=O. The summed E-state index contributed by atoms with van der Waals surface area (Å²) in [5, 5.41) is 9.88. The molecule has 4 aliphatic rings. The Morgan fingerprint density at radius 1 is 1.23 bits per heavy atom. The minimum absolute atomic E-state index is 0.174. The molecule has 4 aliphatic carbocycles. The summed E-state index contributed by atoms with van der Waals surface area (Å²) in [7, 11) is 0. The Hall–Kier alpha value is -1.57. The molecule has 0 saturated heterocycles.